The first-order valence-electron chi connectivity index (χ1n) is 14.8. The molecule has 1 aliphatic heterocycles. The maximum absolute atomic E-state index is 12.3. The van der Waals surface area contributed by atoms with Gasteiger partial charge in [-0.15, -0.1) is 0 Å². The van der Waals surface area contributed by atoms with Gasteiger partial charge in [-0.25, -0.2) is 0 Å². The summed E-state index contributed by atoms with van der Waals surface area (Å²) < 4.78 is 12.6. The van der Waals surface area contributed by atoms with Crippen LogP contribution in [-0.2, 0) is 16.6 Å². The molecule has 1 heterocycles. The molecule has 1 saturated carbocycles. The van der Waals surface area contributed by atoms with E-state index in [1.165, 1.54) is 48.8 Å². The molecule has 5 rings (SSSR count). The zero-order valence-corrected chi connectivity index (χ0v) is 23.8. The number of aryl methyl sites for hydroxylation is 2. The van der Waals surface area contributed by atoms with Crippen LogP contribution >= 0.6 is 0 Å². The molecule has 4 heteroatoms. The number of hydrogen-bond acceptors (Lipinski definition) is 4. The summed E-state index contributed by atoms with van der Waals surface area (Å²) in [5.74, 6) is 2.09. The van der Waals surface area contributed by atoms with E-state index in [2.05, 4.69) is 55.2 Å². The minimum Gasteiger partial charge on any atom is -0.490 e. The molecule has 2 aliphatic carbocycles. The lowest BCUT2D eigenvalue weighted by molar-refractivity contribution is 0.0132. The molecule has 0 amide bonds. The predicted octanol–water partition coefficient (Wildman–Crippen LogP) is 7.46. The van der Waals surface area contributed by atoms with E-state index < -0.39 is 0 Å². The molecule has 0 N–H and O–H groups in total. The lowest BCUT2D eigenvalue weighted by atomic mass is 9.68. The molecule has 1 spiro atoms. The van der Waals surface area contributed by atoms with Gasteiger partial charge in [0.05, 0.1) is 18.4 Å². The number of ether oxygens (including phenoxy) is 2. The number of carbonyl (C=O) groups is 1. The average molecular weight is 516 g/mol. The second-order valence-corrected chi connectivity index (χ2v) is 12.0. The summed E-state index contributed by atoms with van der Waals surface area (Å²) in [6, 6.07) is 13.0. The molecular formula is C34H45NO3. The van der Waals surface area contributed by atoms with Gasteiger partial charge in [0.25, 0.3) is 0 Å². The van der Waals surface area contributed by atoms with Crippen LogP contribution in [0, 0.1) is 18.8 Å². The lowest BCUT2D eigenvalue weighted by Crippen LogP contribution is -2.49. The summed E-state index contributed by atoms with van der Waals surface area (Å²) in [5.41, 5.74) is 6.05. The fourth-order valence-corrected chi connectivity index (χ4v) is 6.98. The molecule has 1 fully saturated rings. The number of unbranched alkanes of at least 4 members (excludes halogenated alkanes) is 2. The second-order valence-electron chi connectivity index (χ2n) is 12.0. The van der Waals surface area contributed by atoms with Gasteiger partial charge in [-0.1, -0.05) is 55.7 Å². The molecule has 204 valence electrons. The third kappa shape index (κ3) is 5.43. The Morgan fingerprint density at radius 3 is 2.84 bits per heavy atom. The lowest BCUT2D eigenvalue weighted by Gasteiger charge is -2.46. The minimum atomic E-state index is -0.0450. The Balaban J connectivity index is 1.46. The van der Waals surface area contributed by atoms with E-state index in [1.807, 2.05) is 19.2 Å². The van der Waals surface area contributed by atoms with E-state index in [1.54, 1.807) is 6.92 Å². The maximum Gasteiger partial charge on any atom is 0.159 e. The zero-order chi connectivity index (χ0) is 26.7. The molecule has 0 bridgehead atoms. The number of methoxy groups -OCH3 is 1. The van der Waals surface area contributed by atoms with Crippen LogP contribution in [0.15, 0.2) is 48.6 Å². The summed E-state index contributed by atoms with van der Waals surface area (Å²) >= 11 is 0. The van der Waals surface area contributed by atoms with Crippen LogP contribution in [0.3, 0.4) is 0 Å². The SMILES string of the molecule is CCCC/C=C/[C@H](OC)[C@@H]1CC[C@H]1CN1C[C@@]2(CCCc3cc(C)ccc32)COc2ccc(C(C)=O)cc21. The van der Waals surface area contributed by atoms with Crippen LogP contribution in [0.1, 0.15) is 85.8 Å². The van der Waals surface area contributed by atoms with Crippen LogP contribution < -0.4 is 9.64 Å². The largest absolute Gasteiger partial charge is 0.490 e. The molecule has 0 radical (unpaired) electrons. The fourth-order valence-electron chi connectivity index (χ4n) is 6.98. The fraction of sp³-hybridized carbons (Fsp3) is 0.559. The van der Waals surface area contributed by atoms with Gasteiger partial charge in [0.2, 0.25) is 0 Å². The van der Waals surface area contributed by atoms with Gasteiger partial charge in [-0.3, -0.25) is 4.79 Å². The van der Waals surface area contributed by atoms with Crippen molar-refractivity contribution in [3.8, 4) is 5.75 Å². The van der Waals surface area contributed by atoms with E-state index in [4.69, 9.17) is 9.47 Å². The number of benzene rings is 2. The summed E-state index contributed by atoms with van der Waals surface area (Å²) in [6.07, 6.45) is 14.2. The average Bonchev–Trinajstić information content (AvgIpc) is 3.05. The highest BCUT2D eigenvalue weighted by molar-refractivity contribution is 5.95. The van der Waals surface area contributed by atoms with Gasteiger partial charge in [0.1, 0.15) is 5.75 Å². The van der Waals surface area contributed by atoms with Gasteiger partial charge < -0.3 is 14.4 Å². The number of fused-ring (bicyclic) bond motifs is 3. The summed E-state index contributed by atoms with van der Waals surface area (Å²) in [4.78, 5) is 14.9. The number of nitrogens with zero attached hydrogens (tertiary/aromatic N) is 1. The minimum absolute atomic E-state index is 0.0450. The molecule has 4 nitrogen and oxygen atoms in total. The maximum atomic E-state index is 12.3. The van der Waals surface area contributed by atoms with Gasteiger partial charge in [0.15, 0.2) is 5.78 Å². The number of allylic oxidation sites excluding steroid dienone is 1. The Morgan fingerprint density at radius 1 is 1.24 bits per heavy atom. The first-order chi connectivity index (χ1) is 18.4. The highest BCUT2D eigenvalue weighted by atomic mass is 16.5. The van der Waals surface area contributed by atoms with E-state index in [9.17, 15) is 4.79 Å². The van der Waals surface area contributed by atoms with Crippen molar-refractivity contribution in [1.82, 2.24) is 0 Å². The standard InChI is InChI=1S/C34H45NO3/c1-5-6-7-8-11-32(37-4)29-15-13-28(29)21-35-22-34(18-9-10-27-19-24(2)12-16-30(27)34)23-38-33-17-14-26(25(3)36)20-31(33)35/h8,11-12,14,16-17,19-20,28-29,32H,5-7,9-10,13,15,18,21-23H2,1-4H3/b11-8+/t28-,29+,32-,34-/m0/s1. The van der Waals surface area contributed by atoms with Crippen LogP contribution in [0.5, 0.6) is 5.75 Å². The van der Waals surface area contributed by atoms with E-state index in [-0.39, 0.29) is 17.3 Å². The summed E-state index contributed by atoms with van der Waals surface area (Å²) in [7, 11) is 1.86. The molecule has 2 aromatic carbocycles. The Hall–Kier alpha value is -2.59. The number of ketones is 1. The van der Waals surface area contributed by atoms with E-state index >= 15 is 0 Å². The third-order valence-electron chi connectivity index (χ3n) is 9.31. The van der Waals surface area contributed by atoms with Crippen LogP contribution in [0.25, 0.3) is 0 Å². The number of hydrogen-bond donors (Lipinski definition) is 0. The highest BCUT2D eigenvalue weighted by Gasteiger charge is 2.44. The van der Waals surface area contributed by atoms with Crippen LogP contribution in [0.2, 0.25) is 0 Å². The number of Topliss-reactive ketones (excluding diaryl/α,β-unsaturated/α-hetero) is 1. The zero-order valence-electron chi connectivity index (χ0n) is 23.8. The Labute approximate surface area is 229 Å². The normalized spacial score (nSPS) is 25.3. The van der Waals surface area contributed by atoms with E-state index in [0.29, 0.717) is 18.4 Å². The highest BCUT2D eigenvalue weighted by Crippen LogP contribution is 2.46. The van der Waals surface area contributed by atoms with Gasteiger partial charge in [-0.2, -0.15) is 0 Å². The Kier molecular flexibility index (Phi) is 8.28. The number of carbonyl (C=O) groups excluding carboxylic acids is 1. The number of anilines is 1. The first kappa shape index (κ1) is 27.0. The Morgan fingerprint density at radius 2 is 2.11 bits per heavy atom. The predicted molar refractivity (Wildman–Crippen MR) is 156 cm³/mol. The van der Waals surface area contributed by atoms with E-state index in [0.717, 1.165) is 49.4 Å². The van der Waals surface area contributed by atoms with Gasteiger partial charge in [-0.05, 0) is 93.5 Å². The molecule has 0 saturated heterocycles. The molecule has 0 unspecified atom stereocenters. The van der Waals surface area contributed by atoms with Crippen molar-refractivity contribution in [3.05, 3.63) is 70.8 Å². The van der Waals surface area contributed by atoms with Crippen LogP contribution in [0.4, 0.5) is 5.69 Å². The van der Waals surface area contributed by atoms with Crippen molar-refractivity contribution < 1.29 is 14.3 Å². The topological polar surface area (TPSA) is 38.8 Å². The molecule has 38 heavy (non-hydrogen) atoms. The van der Waals surface area contributed by atoms with Crippen molar-refractivity contribution in [1.29, 1.82) is 0 Å². The smallest absolute Gasteiger partial charge is 0.159 e. The molecule has 3 aliphatic rings. The van der Waals surface area contributed by atoms with Gasteiger partial charge >= 0.3 is 0 Å². The molecular weight excluding hydrogens is 470 g/mol. The quantitative estimate of drug-likeness (QED) is 0.197. The molecule has 0 aromatic heterocycles. The van der Waals surface area contributed by atoms with Crippen LogP contribution in [-0.4, -0.2) is 38.7 Å². The van der Waals surface area contributed by atoms with Gasteiger partial charge in [0, 0.05) is 31.2 Å². The number of rotatable bonds is 9. The first-order valence-corrected chi connectivity index (χ1v) is 14.8. The Bertz CT molecular complexity index is 1170. The summed E-state index contributed by atoms with van der Waals surface area (Å²) in [5, 5.41) is 0. The molecule has 2 aromatic rings. The van der Waals surface area contributed by atoms with Crippen molar-refractivity contribution in [2.45, 2.75) is 83.7 Å². The van der Waals surface area contributed by atoms with Crippen molar-refractivity contribution in [2.24, 2.45) is 11.8 Å². The summed E-state index contributed by atoms with van der Waals surface area (Å²) in [6.45, 7) is 8.65. The monoisotopic (exact) mass is 515 g/mol. The second kappa shape index (κ2) is 11.7. The van der Waals surface area contributed by atoms with Crippen molar-refractivity contribution >= 4 is 11.5 Å². The van der Waals surface area contributed by atoms with Crippen molar-refractivity contribution in [3.63, 3.8) is 0 Å². The molecule has 4 atom stereocenters. The third-order valence-corrected chi connectivity index (χ3v) is 9.31. The van der Waals surface area contributed by atoms with Crippen molar-refractivity contribution in [2.75, 3.05) is 31.7 Å².